The van der Waals surface area contributed by atoms with E-state index >= 15 is 0 Å². The van der Waals surface area contributed by atoms with Crippen molar-refractivity contribution in [2.45, 2.75) is 6.42 Å². The SMILES string of the molecule is Cl.O=C(Nc1ccccc1-c1cccs1)C1CCNC1. The molecule has 2 N–H and O–H groups in total. The number of anilines is 1. The minimum absolute atomic E-state index is 0. The Morgan fingerprint density at radius 3 is 2.80 bits per heavy atom. The summed E-state index contributed by atoms with van der Waals surface area (Å²) in [5, 5.41) is 8.34. The number of carbonyl (C=O) groups excluding carboxylic acids is 1. The molecule has 1 aromatic carbocycles. The summed E-state index contributed by atoms with van der Waals surface area (Å²) in [5.74, 6) is 0.213. The maximum Gasteiger partial charge on any atom is 0.228 e. The van der Waals surface area contributed by atoms with Gasteiger partial charge in [-0.05, 0) is 30.5 Å². The number of carbonyl (C=O) groups is 1. The molecule has 3 nitrogen and oxygen atoms in total. The predicted octanol–water partition coefficient (Wildman–Crippen LogP) is 3.38. The van der Waals surface area contributed by atoms with Crippen LogP contribution in [0.15, 0.2) is 41.8 Å². The zero-order valence-corrected chi connectivity index (χ0v) is 12.6. The second-order valence-electron chi connectivity index (χ2n) is 4.70. The number of halogens is 1. The van der Waals surface area contributed by atoms with E-state index in [0.717, 1.165) is 30.8 Å². The topological polar surface area (TPSA) is 41.1 Å². The first kappa shape index (κ1) is 15.0. The van der Waals surface area contributed by atoms with Crippen LogP contribution in [0.3, 0.4) is 0 Å². The highest BCUT2D eigenvalue weighted by Gasteiger charge is 2.23. The highest BCUT2D eigenvalue weighted by Crippen LogP contribution is 2.31. The van der Waals surface area contributed by atoms with Gasteiger partial charge in [-0.1, -0.05) is 24.3 Å². The lowest BCUT2D eigenvalue weighted by Gasteiger charge is -2.13. The van der Waals surface area contributed by atoms with Crippen LogP contribution < -0.4 is 10.6 Å². The van der Waals surface area contributed by atoms with Crippen LogP contribution in [0, 0.1) is 5.92 Å². The normalized spacial score (nSPS) is 17.5. The minimum Gasteiger partial charge on any atom is -0.325 e. The summed E-state index contributed by atoms with van der Waals surface area (Å²) in [6, 6.07) is 12.1. The van der Waals surface area contributed by atoms with Gasteiger partial charge in [0.15, 0.2) is 0 Å². The van der Waals surface area contributed by atoms with Gasteiger partial charge in [0.05, 0.1) is 5.92 Å². The molecular formula is C15H17ClN2OS. The third-order valence-electron chi connectivity index (χ3n) is 3.40. The Balaban J connectivity index is 0.00000147. The molecule has 2 heterocycles. The molecule has 1 saturated heterocycles. The first-order valence-electron chi connectivity index (χ1n) is 6.49. The Hall–Kier alpha value is -1.36. The summed E-state index contributed by atoms with van der Waals surface area (Å²) in [6.45, 7) is 1.72. The highest BCUT2D eigenvalue weighted by atomic mass is 35.5. The Kier molecular flexibility index (Phi) is 5.17. The lowest BCUT2D eigenvalue weighted by molar-refractivity contribution is -0.119. The third kappa shape index (κ3) is 3.20. The van der Waals surface area contributed by atoms with Crippen LogP contribution in [0.1, 0.15) is 6.42 Å². The molecule has 1 aliphatic rings. The van der Waals surface area contributed by atoms with E-state index in [1.54, 1.807) is 11.3 Å². The third-order valence-corrected chi connectivity index (χ3v) is 4.31. The van der Waals surface area contributed by atoms with Crippen molar-refractivity contribution in [1.29, 1.82) is 0 Å². The van der Waals surface area contributed by atoms with Gasteiger partial charge >= 0.3 is 0 Å². The van der Waals surface area contributed by atoms with E-state index in [-0.39, 0.29) is 24.2 Å². The van der Waals surface area contributed by atoms with Crippen LogP contribution in [0.5, 0.6) is 0 Å². The monoisotopic (exact) mass is 308 g/mol. The molecule has 1 fully saturated rings. The Bertz CT molecular complexity index is 565. The lowest BCUT2D eigenvalue weighted by Crippen LogP contribution is -2.24. The first-order valence-corrected chi connectivity index (χ1v) is 7.37. The molecule has 1 unspecified atom stereocenters. The van der Waals surface area contributed by atoms with Gasteiger partial charge in [-0.15, -0.1) is 23.7 Å². The molecular weight excluding hydrogens is 292 g/mol. The van der Waals surface area contributed by atoms with Gasteiger partial charge in [0.25, 0.3) is 0 Å². The van der Waals surface area contributed by atoms with Crippen molar-refractivity contribution in [3.05, 3.63) is 41.8 Å². The minimum atomic E-state index is 0. The van der Waals surface area contributed by atoms with Gasteiger partial charge in [0.2, 0.25) is 5.91 Å². The van der Waals surface area contributed by atoms with Crippen LogP contribution in [0.4, 0.5) is 5.69 Å². The van der Waals surface area contributed by atoms with Crippen molar-refractivity contribution in [2.24, 2.45) is 5.92 Å². The van der Waals surface area contributed by atoms with Crippen LogP contribution in [-0.2, 0) is 4.79 Å². The number of amides is 1. The van der Waals surface area contributed by atoms with E-state index in [9.17, 15) is 4.79 Å². The number of thiophene rings is 1. The van der Waals surface area contributed by atoms with Crippen LogP contribution in [-0.4, -0.2) is 19.0 Å². The molecule has 5 heteroatoms. The zero-order chi connectivity index (χ0) is 13.1. The van der Waals surface area contributed by atoms with Crippen molar-refractivity contribution in [2.75, 3.05) is 18.4 Å². The van der Waals surface area contributed by atoms with Gasteiger partial charge in [-0.3, -0.25) is 4.79 Å². The average molecular weight is 309 g/mol. The number of benzene rings is 1. The fourth-order valence-electron chi connectivity index (χ4n) is 2.35. The number of hydrogen-bond acceptors (Lipinski definition) is 3. The molecule has 106 valence electrons. The van der Waals surface area contributed by atoms with E-state index in [1.165, 1.54) is 4.88 Å². The quantitative estimate of drug-likeness (QED) is 0.912. The molecule has 0 spiro atoms. The van der Waals surface area contributed by atoms with E-state index in [4.69, 9.17) is 0 Å². The number of nitrogens with one attached hydrogen (secondary N) is 2. The van der Waals surface area contributed by atoms with Crippen molar-refractivity contribution >= 4 is 35.3 Å². The van der Waals surface area contributed by atoms with Gasteiger partial charge in [0.1, 0.15) is 0 Å². The van der Waals surface area contributed by atoms with E-state index < -0.39 is 0 Å². The van der Waals surface area contributed by atoms with Gasteiger partial charge in [0, 0.05) is 22.7 Å². The second kappa shape index (κ2) is 6.88. The van der Waals surface area contributed by atoms with Gasteiger partial charge in [-0.2, -0.15) is 0 Å². The van der Waals surface area contributed by atoms with Crippen LogP contribution in [0.25, 0.3) is 10.4 Å². The smallest absolute Gasteiger partial charge is 0.228 e. The predicted molar refractivity (Wildman–Crippen MR) is 86.6 cm³/mol. The van der Waals surface area contributed by atoms with Crippen molar-refractivity contribution in [3.63, 3.8) is 0 Å². The van der Waals surface area contributed by atoms with Crippen molar-refractivity contribution in [3.8, 4) is 10.4 Å². The molecule has 0 saturated carbocycles. The van der Waals surface area contributed by atoms with Crippen molar-refractivity contribution < 1.29 is 4.79 Å². The first-order chi connectivity index (χ1) is 9.34. The number of para-hydroxylation sites is 1. The Morgan fingerprint density at radius 2 is 2.10 bits per heavy atom. The summed E-state index contributed by atoms with van der Waals surface area (Å²) in [6.07, 6.45) is 0.924. The van der Waals surface area contributed by atoms with E-state index in [2.05, 4.69) is 22.1 Å². The molecule has 20 heavy (non-hydrogen) atoms. The molecule has 1 aliphatic heterocycles. The summed E-state index contributed by atoms with van der Waals surface area (Å²) in [5.41, 5.74) is 2.00. The lowest BCUT2D eigenvalue weighted by atomic mass is 10.1. The molecule has 0 aliphatic carbocycles. The highest BCUT2D eigenvalue weighted by molar-refractivity contribution is 7.13. The molecule has 2 aromatic rings. The van der Waals surface area contributed by atoms with Gasteiger partial charge in [-0.25, -0.2) is 0 Å². The van der Waals surface area contributed by atoms with Crippen LogP contribution >= 0.6 is 23.7 Å². The Labute approximate surface area is 128 Å². The Morgan fingerprint density at radius 1 is 1.25 bits per heavy atom. The second-order valence-corrected chi connectivity index (χ2v) is 5.65. The zero-order valence-electron chi connectivity index (χ0n) is 11.0. The maximum absolute atomic E-state index is 12.2. The standard InChI is InChI=1S/C15H16N2OS.ClH/c18-15(11-7-8-16-10-11)17-13-5-2-1-4-12(13)14-6-3-9-19-14;/h1-6,9,11,16H,7-8,10H2,(H,17,18);1H. The fraction of sp³-hybridized carbons (Fsp3) is 0.267. The molecule has 0 radical (unpaired) electrons. The summed E-state index contributed by atoms with van der Waals surface area (Å²) >= 11 is 1.69. The molecule has 1 atom stereocenters. The van der Waals surface area contributed by atoms with Crippen molar-refractivity contribution in [1.82, 2.24) is 5.32 Å². The number of rotatable bonds is 3. The van der Waals surface area contributed by atoms with Crippen LogP contribution in [0.2, 0.25) is 0 Å². The summed E-state index contributed by atoms with van der Waals surface area (Å²) in [7, 11) is 0. The van der Waals surface area contributed by atoms with Gasteiger partial charge < -0.3 is 10.6 Å². The fourth-order valence-corrected chi connectivity index (χ4v) is 3.12. The average Bonchev–Trinajstić information content (AvgIpc) is 3.13. The summed E-state index contributed by atoms with van der Waals surface area (Å²) < 4.78 is 0. The molecule has 0 bridgehead atoms. The van der Waals surface area contributed by atoms with E-state index in [0.29, 0.717) is 0 Å². The largest absolute Gasteiger partial charge is 0.325 e. The van der Waals surface area contributed by atoms with E-state index in [1.807, 2.05) is 30.3 Å². The molecule has 3 rings (SSSR count). The summed E-state index contributed by atoms with van der Waals surface area (Å²) in [4.78, 5) is 13.4. The maximum atomic E-state index is 12.2. The number of hydrogen-bond donors (Lipinski definition) is 2. The molecule has 1 amide bonds. The molecule has 1 aromatic heterocycles.